The number of nitrogens with one attached hydrogen (secondary N) is 2. The van der Waals surface area contributed by atoms with Gasteiger partial charge in [0.05, 0.1) is 5.69 Å². The average molecular weight is 359 g/mol. The van der Waals surface area contributed by atoms with Crippen molar-refractivity contribution in [1.29, 1.82) is 0 Å². The van der Waals surface area contributed by atoms with Gasteiger partial charge in [-0.25, -0.2) is 4.39 Å². The maximum atomic E-state index is 14.2. The predicted molar refractivity (Wildman–Crippen MR) is 104 cm³/mol. The number of rotatable bonds is 4. The Morgan fingerprint density at radius 1 is 1.11 bits per heavy atom. The Balaban J connectivity index is 1.60. The molecule has 134 valence electrons. The number of aromatic amines is 1. The molecule has 2 N–H and O–H groups in total. The number of hydrogen-bond donors (Lipinski definition) is 2. The van der Waals surface area contributed by atoms with Crippen molar-refractivity contribution >= 4 is 16.8 Å². The highest BCUT2D eigenvalue weighted by Gasteiger charge is 2.13. The molecule has 2 heterocycles. The molecule has 4 rings (SSSR count). The predicted octanol–water partition coefficient (Wildman–Crippen LogP) is 4.61. The van der Waals surface area contributed by atoms with E-state index in [-0.39, 0.29) is 11.7 Å². The Kier molecular flexibility index (Phi) is 4.42. The molecule has 0 saturated carbocycles. The van der Waals surface area contributed by atoms with Crippen LogP contribution < -0.4 is 5.32 Å². The zero-order valence-corrected chi connectivity index (χ0v) is 14.8. The molecule has 0 aliphatic heterocycles. The number of hydrogen-bond acceptors (Lipinski definition) is 2. The van der Waals surface area contributed by atoms with Crippen molar-refractivity contribution in [3.8, 4) is 11.3 Å². The minimum Gasteiger partial charge on any atom is -0.354 e. The van der Waals surface area contributed by atoms with Gasteiger partial charge in [-0.3, -0.25) is 9.78 Å². The molecule has 27 heavy (non-hydrogen) atoms. The molecular weight excluding hydrogens is 341 g/mol. The number of halogens is 1. The number of H-pyrrole nitrogens is 1. The Labute approximate surface area is 156 Å². The van der Waals surface area contributed by atoms with Gasteiger partial charge in [-0.2, -0.15) is 0 Å². The van der Waals surface area contributed by atoms with Crippen LogP contribution in [0.15, 0.2) is 67.0 Å². The van der Waals surface area contributed by atoms with Gasteiger partial charge >= 0.3 is 0 Å². The molecule has 0 saturated heterocycles. The molecule has 0 aliphatic rings. The maximum absolute atomic E-state index is 14.2. The monoisotopic (exact) mass is 359 g/mol. The number of amides is 1. The first-order valence-electron chi connectivity index (χ1n) is 8.68. The largest absolute Gasteiger partial charge is 0.354 e. The molecule has 4 aromatic rings. The lowest BCUT2D eigenvalue weighted by Crippen LogP contribution is -2.22. The molecule has 2 aromatic carbocycles. The number of benzene rings is 2. The SMILES string of the molecule is Cc1c(-c2ccccc2F)[nH]c2ccc(CNC(=O)c3ccncc3)cc12. The van der Waals surface area contributed by atoms with Crippen LogP contribution in [-0.4, -0.2) is 15.9 Å². The van der Waals surface area contributed by atoms with E-state index in [0.717, 1.165) is 27.7 Å². The van der Waals surface area contributed by atoms with Crippen LogP contribution in [0.3, 0.4) is 0 Å². The van der Waals surface area contributed by atoms with Crippen LogP contribution in [0.5, 0.6) is 0 Å². The summed E-state index contributed by atoms with van der Waals surface area (Å²) in [6.45, 7) is 2.39. The second kappa shape index (κ2) is 7.03. The molecule has 0 aliphatic carbocycles. The van der Waals surface area contributed by atoms with Gasteiger partial charge < -0.3 is 10.3 Å². The highest BCUT2D eigenvalue weighted by atomic mass is 19.1. The van der Waals surface area contributed by atoms with E-state index < -0.39 is 0 Å². The third-order valence-corrected chi connectivity index (χ3v) is 4.66. The van der Waals surface area contributed by atoms with Crippen molar-refractivity contribution in [2.45, 2.75) is 13.5 Å². The standard InChI is InChI=1S/C22H18FN3O/c1-14-18-12-15(13-25-22(27)16-8-10-24-11-9-16)6-7-20(18)26-21(14)17-4-2-3-5-19(17)23/h2-12,26H,13H2,1H3,(H,25,27). The number of fused-ring (bicyclic) bond motifs is 1. The second-order valence-electron chi connectivity index (χ2n) is 6.40. The summed E-state index contributed by atoms with van der Waals surface area (Å²) < 4.78 is 14.2. The topological polar surface area (TPSA) is 57.8 Å². The molecule has 0 unspecified atom stereocenters. The van der Waals surface area contributed by atoms with Crippen molar-refractivity contribution in [2.24, 2.45) is 0 Å². The second-order valence-corrected chi connectivity index (χ2v) is 6.40. The molecule has 1 amide bonds. The molecule has 0 bridgehead atoms. The third-order valence-electron chi connectivity index (χ3n) is 4.66. The summed E-state index contributed by atoms with van der Waals surface area (Å²) >= 11 is 0. The number of nitrogens with zero attached hydrogens (tertiary/aromatic N) is 1. The van der Waals surface area contributed by atoms with Gasteiger partial charge in [0.15, 0.2) is 0 Å². The fraction of sp³-hybridized carbons (Fsp3) is 0.0909. The van der Waals surface area contributed by atoms with Gasteiger partial charge in [-0.05, 0) is 54.4 Å². The summed E-state index contributed by atoms with van der Waals surface area (Å²) in [5.74, 6) is -0.396. The van der Waals surface area contributed by atoms with E-state index in [1.54, 1.807) is 36.7 Å². The Hall–Kier alpha value is -3.47. The summed E-state index contributed by atoms with van der Waals surface area (Å²) in [6.07, 6.45) is 3.18. The van der Waals surface area contributed by atoms with Crippen molar-refractivity contribution in [3.05, 3.63) is 89.5 Å². The average Bonchev–Trinajstić information content (AvgIpc) is 3.03. The number of aryl methyl sites for hydroxylation is 1. The number of carbonyl (C=O) groups excluding carboxylic acids is 1. The smallest absolute Gasteiger partial charge is 0.251 e. The van der Waals surface area contributed by atoms with E-state index in [9.17, 15) is 9.18 Å². The minimum absolute atomic E-state index is 0.143. The first-order chi connectivity index (χ1) is 13.1. The first-order valence-corrected chi connectivity index (χ1v) is 8.68. The fourth-order valence-electron chi connectivity index (χ4n) is 3.20. The molecular formula is C22H18FN3O. The van der Waals surface area contributed by atoms with Crippen LogP contribution in [0.1, 0.15) is 21.5 Å². The van der Waals surface area contributed by atoms with E-state index in [2.05, 4.69) is 15.3 Å². The number of pyridine rings is 1. The highest BCUT2D eigenvalue weighted by Crippen LogP contribution is 2.31. The van der Waals surface area contributed by atoms with Gasteiger partial charge in [-0.1, -0.05) is 18.2 Å². The number of carbonyl (C=O) groups is 1. The molecule has 5 heteroatoms. The van der Waals surface area contributed by atoms with Crippen LogP contribution in [0.4, 0.5) is 4.39 Å². The summed E-state index contributed by atoms with van der Waals surface area (Å²) in [5, 5.41) is 3.93. The zero-order valence-electron chi connectivity index (χ0n) is 14.8. The van der Waals surface area contributed by atoms with Crippen molar-refractivity contribution in [2.75, 3.05) is 0 Å². The minimum atomic E-state index is -0.253. The van der Waals surface area contributed by atoms with E-state index in [1.807, 2.05) is 31.2 Å². The van der Waals surface area contributed by atoms with Gasteiger partial charge in [0.2, 0.25) is 0 Å². The third kappa shape index (κ3) is 3.31. The maximum Gasteiger partial charge on any atom is 0.251 e. The number of aromatic nitrogens is 2. The summed E-state index contributed by atoms with van der Waals surface area (Å²) in [7, 11) is 0. The van der Waals surface area contributed by atoms with Gasteiger partial charge in [-0.15, -0.1) is 0 Å². The molecule has 2 aromatic heterocycles. The lowest BCUT2D eigenvalue weighted by Gasteiger charge is -2.06. The van der Waals surface area contributed by atoms with E-state index >= 15 is 0 Å². The summed E-state index contributed by atoms with van der Waals surface area (Å²) in [5.41, 5.74) is 4.81. The molecule has 0 spiro atoms. The fourth-order valence-corrected chi connectivity index (χ4v) is 3.20. The zero-order chi connectivity index (χ0) is 18.8. The van der Waals surface area contributed by atoms with Crippen molar-refractivity contribution in [3.63, 3.8) is 0 Å². The quantitative estimate of drug-likeness (QED) is 0.559. The Bertz CT molecular complexity index is 1120. The summed E-state index contributed by atoms with van der Waals surface area (Å²) in [6, 6.07) is 16.0. The normalized spacial score (nSPS) is 10.9. The van der Waals surface area contributed by atoms with E-state index in [1.165, 1.54) is 6.07 Å². The van der Waals surface area contributed by atoms with Crippen LogP contribution >= 0.6 is 0 Å². The molecule has 0 radical (unpaired) electrons. The van der Waals surface area contributed by atoms with Gasteiger partial charge in [0.1, 0.15) is 5.82 Å². The van der Waals surface area contributed by atoms with Gasteiger partial charge in [0.25, 0.3) is 5.91 Å². The molecule has 4 nitrogen and oxygen atoms in total. The van der Waals surface area contributed by atoms with Crippen LogP contribution in [-0.2, 0) is 6.54 Å². The van der Waals surface area contributed by atoms with Crippen molar-refractivity contribution in [1.82, 2.24) is 15.3 Å². The highest BCUT2D eigenvalue weighted by molar-refractivity contribution is 5.94. The van der Waals surface area contributed by atoms with Gasteiger partial charge in [0, 0.05) is 41.0 Å². The lowest BCUT2D eigenvalue weighted by molar-refractivity contribution is 0.0951. The van der Waals surface area contributed by atoms with Crippen molar-refractivity contribution < 1.29 is 9.18 Å². The van der Waals surface area contributed by atoms with Crippen LogP contribution in [0.2, 0.25) is 0 Å². The van der Waals surface area contributed by atoms with E-state index in [4.69, 9.17) is 0 Å². The van der Waals surface area contributed by atoms with Crippen LogP contribution in [0, 0.1) is 12.7 Å². The summed E-state index contributed by atoms with van der Waals surface area (Å²) in [4.78, 5) is 19.4. The molecule has 0 atom stereocenters. The Morgan fingerprint density at radius 3 is 2.67 bits per heavy atom. The Morgan fingerprint density at radius 2 is 1.89 bits per heavy atom. The lowest BCUT2D eigenvalue weighted by atomic mass is 10.0. The first kappa shape index (κ1) is 17.0. The van der Waals surface area contributed by atoms with Crippen LogP contribution in [0.25, 0.3) is 22.2 Å². The van der Waals surface area contributed by atoms with E-state index in [0.29, 0.717) is 17.7 Å². The molecule has 0 fully saturated rings.